The van der Waals surface area contributed by atoms with E-state index in [2.05, 4.69) is 31.2 Å². The number of rotatable bonds is 6. The van der Waals surface area contributed by atoms with Crippen LogP contribution >= 0.6 is 0 Å². The molecule has 3 aromatic rings. The molecule has 0 bridgehead atoms. The lowest BCUT2D eigenvalue weighted by Gasteiger charge is -2.32. The first-order chi connectivity index (χ1) is 15.7. The van der Waals surface area contributed by atoms with Gasteiger partial charge in [-0.1, -0.05) is 0 Å². The second-order valence-corrected chi connectivity index (χ2v) is 8.48. The minimum absolute atomic E-state index is 0.232. The van der Waals surface area contributed by atoms with Crippen molar-refractivity contribution in [3.8, 4) is 5.75 Å². The molecule has 3 aromatic heterocycles. The Morgan fingerprint density at radius 2 is 1.94 bits per heavy atom. The van der Waals surface area contributed by atoms with Crippen molar-refractivity contribution < 1.29 is 9.13 Å². The molecule has 2 aliphatic rings. The molecule has 2 aliphatic heterocycles. The van der Waals surface area contributed by atoms with E-state index in [-0.39, 0.29) is 5.56 Å². The topological polar surface area (TPSA) is 85.2 Å². The highest BCUT2D eigenvalue weighted by Crippen LogP contribution is 2.24. The van der Waals surface area contributed by atoms with Gasteiger partial charge in [-0.2, -0.15) is 0 Å². The van der Waals surface area contributed by atoms with Crippen LogP contribution in [0.1, 0.15) is 30.5 Å². The van der Waals surface area contributed by atoms with Crippen molar-refractivity contribution in [1.82, 2.24) is 29.7 Å². The standard InChI is InChI=1S/C23H27FN6O2/c24-17-11-20-23(27-12-17)28-15-22(31)30(20)8-7-29-5-3-18(4-6-29)25-13-19-10-16-2-1-9-32-21(16)14-26-19/h10-12,14-15,18,25H,1-9,13H2. The normalized spacial score (nSPS) is 17.3. The Morgan fingerprint density at radius 3 is 2.81 bits per heavy atom. The zero-order chi connectivity index (χ0) is 21.9. The molecule has 0 spiro atoms. The summed E-state index contributed by atoms with van der Waals surface area (Å²) in [5.41, 5.74) is 2.91. The molecule has 168 valence electrons. The first kappa shape index (κ1) is 21.0. The van der Waals surface area contributed by atoms with Crippen LogP contribution in [0.25, 0.3) is 11.2 Å². The summed E-state index contributed by atoms with van der Waals surface area (Å²) < 4.78 is 20.8. The van der Waals surface area contributed by atoms with Crippen LogP contribution in [0.15, 0.2) is 35.5 Å². The van der Waals surface area contributed by atoms with Crippen LogP contribution in [0.3, 0.4) is 0 Å². The molecule has 1 N–H and O–H groups in total. The number of pyridine rings is 2. The molecule has 32 heavy (non-hydrogen) atoms. The van der Waals surface area contributed by atoms with Crippen LogP contribution in [0.4, 0.5) is 4.39 Å². The van der Waals surface area contributed by atoms with E-state index in [0.717, 1.165) is 76.1 Å². The monoisotopic (exact) mass is 438 g/mol. The molecule has 1 saturated heterocycles. The zero-order valence-corrected chi connectivity index (χ0v) is 18.0. The molecule has 0 aromatic carbocycles. The van der Waals surface area contributed by atoms with E-state index in [4.69, 9.17) is 4.74 Å². The maximum atomic E-state index is 13.6. The van der Waals surface area contributed by atoms with Gasteiger partial charge in [0.25, 0.3) is 5.56 Å². The van der Waals surface area contributed by atoms with Gasteiger partial charge in [0.2, 0.25) is 0 Å². The van der Waals surface area contributed by atoms with E-state index in [1.54, 1.807) is 4.57 Å². The van der Waals surface area contributed by atoms with Gasteiger partial charge < -0.3 is 19.5 Å². The van der Waals surface area contributed by atoms with Crippen LogP contribution in [0.5, 0.6) is 5.75 Å². The smallest absolute Gasteiger partial charge is 0.269 e. The number of ether oxygens (including phenoxy) is 1. The lowest BCUT2D eigenvalue weighted by atomic mass is 10.0. The van der Waals surface area contributed by atoms with Crippen LogP contribution in [-0.4, -0.2) is 56.7 Å². The van der Waals surface area contributed by atoms with Crippen molar-refractivity contribution in [2.75, 3.05) is 26.2 Å². The predicted molar refractivity (Wildman–Crippen MR) is 118 cm³/mol. The third-order valence-corrected chi connectivity index (χ3v) is 6.32. The summed E-state index contributed by atoms with van der Waals surface area (Å²) >= 11 is 0. The molecule has 1 fully saturated rings. The second-order valence-electron chi connectivity index (χ2n) is 8.48. The predicted octanol–water partition coefficient (Wildman–Crippen LogP) is 1.90. The minimum Gasteiger partial charge on any atom is -0.492 e. The molecule has 0 atom stereocenters. The third-order valence-electron chi connectivity index (χ3n) is 6.32. The average molecular weight is 439 g/mol. The van der Waals surface area contributed by atoms with E-state index in [1.807, 2.05) is 6.20 Å². The number of aromatic nitrogens is 4. The SMILES string of the molecule is O=c1cnc2ncc(F)cc2n1CCN1CCC(NCc2cc3c(cn2)OCCC3)CC1. The number of hydrogen-bond donors (Lipinski definition) is 1. The molecule has 5 heterocycles. The van der Waals surface area contributed by atoms with Crippen molar-refractivity contribution >= 4 is 11.2 Å². The number of hydrogen-bond acceptors (Lipinski definition) is 7. The molecule has 0 aliphatic carbocycles. The van der Waals surface area contributed by atoms with Crippen molar-refractivity contribution in [3.05, 3.63) is 58.2 Å². The van der Waals surface area contributed by atoms with Gasteiger partial charge in [0.1, 0.15) is 11.6 Å². The molecular formula is C23H27FN6O2. The number of nitrogens with one attached hydrogen (secondary N) is 1. The Hall–Kier alpha value is -2.91. The van der Waals surface area contributed by atoms with Crippen molar-refractivity contribution in [1.29, 1.82) is 0 Å². The quantitative estimate of drug-likeness (QED) is 0.629. The van der Waals surface area contributed by atoms with Crippen LogP contribution in [-0.2, 0) is 19.5 Å². The Balaban J connectivity index is 1.13. The van der Waals surface area contributed by atoms with E-state index < -0.39 is 5.82 Å². The average Bonchev–Trinajstić information content (AvgIpc) is 2.82. The zero-order valence-electron chi connectivity index (χ0n) is 18.0. The lowest BCUT2D eigenvalue weighted by Crippen LogP contribution is -2.43. The molecule has 9 heteroatoms. The number of halogens is 1. The lowest BCUT2D eigenvalue weighted by molar-refractivity contribution is 0.191. The number of likely N-dealkylation sites (tertiary alicyclic amines) is 1. The largest absolute Gasteiger partial charge is 0.492 e. The van der Waals surface area contributed by atoms with Gasteiger partial charge in [0.05, 0.1) is 36.4 Å². The maximum Gasteiger partial charge on any atom is 0.269 e. The Labute approximate surface area is 185 Å². The van der Waals surface area contributed by atoms with Gasteiger partial charge in [-0.05, 0) is 50.4 Å². The highest BCUT2D eigenvalue weighted by molar-refractivity contribution is 5.69. The fourth-order valence-corrected chi connectivity index (χ4v) is 4.51. The van der Waals surface area contributed by atoms with Gasteiger partial charge in [-0.25, -0.2) is 14.4 Å². The Bertz CT molecular complexity index is 1160. The van der Waals surface area contributed by atoms with E-state index in [9.17, 15) is 9.18 Å². The van der Waals surface area contributed by atoms with Gasteiger partial charge in [0, 0.05) is 31.7 Å². The van der Waals surface area contributed by atoms with Gasteiger partial charge >= 0.3 is 0 Å². The summed E-state index contributed by atoms with van der Waals surface area (Å²) in [5, 5.41) is 3.64. The number of aryl methyl sites for hydroxylation is 1. The third kappa shape index (κ3) is 4.63. The molecular weight excluding hydrogens is 411 g/mol. The van der Waals surface area contributed by atoms with Crippen LogP contribution < -0.4 is 15.6 Å². The molecule has 8 nitrogen and oxygen atoms in total. The van der Waals surface area contributed by atoms with E-state index in [1.165, 1.54) is 17.8 Å². The Kier molecular flexibility index (Phi) is 6.09. The van der Waals surface area contributed by atoms with Crippen molar-refractivity contribution in [2.45, 2.75) is 44.8 Å². The molecule has 0 radical (unpaired) electrons. The van der Waals surface area contributed by atoms with Crippen molar-refractivity contribution in [3.63, 3.8) is 0 Å². The molecule has 0 saturated carbocycles. The van der Waals surface area contributed by atoms with Gasteiger partial charge in [-0.15, -0.1) is 0 Å². The Morgan fingerprint density at radius 1 is 1.09 bits per heavy atom. The fourth-order valence-electron chi connectivity index (χ4n) is 4.51. The summed E-state index contributed by atoms with van der Waals surface area (Å²) in [7, 11) is 0. The summed E-state index contributed by atoms with van der Waals surface area (Å²) in [6, 6.07) is 3.93. The fraction of sp³-hybridized carbons (Fsp3) is 0.478. The first-order valence-electron chi connectivity index (χ1n) is 11.2. The maximum absolute atomic E-state index is 13.6. The van der Waals surface area contributed by atoms with Gasteiger partial charge in [-0.3, -0.25) is 9.78 Å². The highest BCUT2D eigenvalue weighted by Gasteiger charge is 2.20. The molecule has 0 unspecified atom stereocenters. The molecule has 0 amide bonds. The summed E-state index contributed by atoms with van der Waals surface area (Å²) in [4.78, 5) is 27.1. The van der Waals surface area contributed by atoms with Gasteiger partial charge in [0.15, 0.2) is 5.65 Å². The minimum atomic E-state index is -0.466. The number of fused-ring (bicyclic) bond motifs is 2. The number of piperidine rings is 1. The number of nitrogens with zero attached hydrogens (tertiary/aromatic N) is 5. The summed E-state index contributed by atoms with van der Waals surface area (Å²) in [5.74, 6) is 0.458. The van der Waals surface area contributed by atoms with Crippen LogP contribution in [0, 0.1) is 5.82 Å². The van der Waals surface area contributed by atoms with Crippen molar-refractivity contribution in [2.24, 2.45) is 0 Å². The van der Waals surface area contributed by atoms with E-state index >= 15 is 0 Å². The summed E-state index contributed by atoms with van der Waals surface area (Å²) in [6.45, 7) is 4.66. The highest BCUT2D eigenvalue weighted by atomic mass is 19.1. The summed E-state index contributed by atoms with van der Waals surface area (Å²) in [6.07, 6.45) is 8.42. The second kappa shape index (κ2) is 9.30. The molecule has 5 rings (SSSR count). The van der Waals surface area contributed by atoms with Crippen LogP contribution in [0.2, 0.25) is 0 Å². The first-order valence-corrected chi connectivity index (χ1v) is 11.2. The van der Waals surface area contributed by atoms with E-state index in [0.29, 0.717) is 23.8 Å².